The molecular formula is C15H9Br2FS. The molecule has 2 aromatic carbocycles. The normalized spacial score (nSPS) is 12.8. The first-order valence-electron chi connectivity index (χ1n) is 5.72. The van der Waals surface area contributed by atoms with Crippen LogP contribution < -0.4 is 0 Å². The third kappa shape index (κ3) is 2.49. The Hall–Kier alpha value is -0.710. The van der Waals surface area contributed by atoms with Gasteiger partial charge in [-0.2, -0.15) is 0 Å². The predicted molar refractivity (Wildman–Crippen MR) is 86.7 cm³/mol. The average molecular weight is 400 g/mol. The minimum atomic E-state index is -0.206. The van der Waals surface area contributed by atoms with Crippen molar-refractivity contribution in [1.29, 1.82) is 0 Å². The van der Waals surface area contributed by atoms with E-state index in [0.717, 1.165) is 10.0 Å². The fraction of sp³-hybridized carbons (Fsp3) is 0.0667. The Morgan fingerprint density at radius 2 is 1.89 bits per heavy atom. The molecule has 0 radical (unpaired) electrons. The molecule has 96 valence electrons. The van der Waals surface area contributed by atoms with Crippen LogP contribution in [0.15, 0.2) is 52.3 Å². The summed E-state index contributed by atoms with van der Waals surface area (Å²) in [5.41, 5.74) is 2.10. The van der Waals surface area contributed by atoms with Gasteiger partial charge in [0, 0.05) is 9.17 Å². The summed E-state index contributed by atoms with van der Waals surface area (Å²) < 4.78 is 15.6. The van der Waals surface area contributed by atoms with Crippen LogP contribution in [0.3, 0.4) is 0 Å². The van der Waals surface area contributed by atoms with Crippen molar-refractivity contribution in [3.63, 3.8) is 0 Å². The summed E-state index contributed by atoms with van der Waals surface area (Å²) in [4.78, 5) is 0.00579. The van der Waals surface area contributed by atoms with E-state index >= 15 is 0 Å². The van der Waals surface area contributed by atoms with Gasteiger partial charge in [-0.25, -0.2) is 4.39 Å². The second-order valence-corrected chi connectivity index (χ2v) is 6.87. The Morgan fingerprint density at radius 1 is 1.11 bits per heavy atom. The van der Waals surface area contributed by atoms with Crippen LogP contribution in [0.5, 0.6) is 0 Å². The van der Waals surface area contributed by atoms with Crippen molar-refractivity contribution in [3.8, 4) is 0 Å². The number of fused-ring (bicyclic) bond motifs is 1. The van der Waals surface area contributed by atoms with E-state index in [9.17, 15) is 4.39 Å². The van der Waals surface area contributed by atoms with Crippen LogP contribution in [-0.4, -0.2) is 0 Å². The van der Waals surface area contributed by atoms with Gasteiger partial charge in [-0.1, -0.05) is 40.2 Å². The zero-order valence-electron chi connectivity index (χ0n) is 9.74. The summed E-state index contributed by atoms with van der Waals surface area (Å²) in [6.07, 6.45) is 0. The third-order valence-corrected chi connectivity index (χ3v) is 5.99. The third-order valence-electron chi connectivity index (χ3n) is 3.00. The van der Waals surface area contributed by atoms with Crippen LogP contribution in [0.4, 0.5) is 4.39 Å². The topological polar surface area (TPSA) is 0 Å². The molecule has 0 saturated carbocycles. The summed E-state index contributed by atoms with van der Waals surface area (Å²) in [5.74, 6) is -0.206. The minimum Gasteiger partial charge on any atom is -0.207 e. The molecule has 0 N–H and O–H groups in total. The fourth-order valence-corrected chi connectivity index (χ4v) is 4.57. The highest BCUT2D eigenvalue weighted by atomic mass is 79.9. The van der Waals surface area contributed by atoms with Gasteiger partial charge in [0.15, 0.2) is 0 Å². The summed E-state index contributed by atoms with van der Waals surface area (Å²) in [6.45, 7) is 0. The zero-order valence-corrected chi connectivity index (χ0v) is 13.7. The van der Waals surface area contributed by atoms with Crippen molar-refractivity contribution in [2.75, 3.05) is 0 Å². The van der Waals surface area contributed by atoms with Crippen molar-refractivity contribution < 1.29 is 4.39 Å². The summed E-state index contributed by atoms with van der Waals surface area (Å²) in [5, 5.41) is 3.32. The first-order valence-corrected chi connectivity index (χ1v) is 8.31. The molecule has 1 atom stereocenters. The maximum absolute atomic E-state index is 13.3. The largest absolute Gasteiger partial charge is 0.207 e. The molecule has 0 aliphatic carbocycles. The van der Waals surface area contributed by atoms with E-state index in [2.05, 4.69) is 43.3 Å². The average Bonchev–Trinajstić information content (AvgIpc) is 2.83. The summed E-state index contributed by atoms with van der Waals surface area (Å²) >= 11 is 8.94. The highest BCUT2D eigenvalue weighted by molar-refractivity contribution is 9.10. The molecule has 0 amide bonds. The molecule has 4 heteroatoms. The highest BCUT2D eigenvalue weighted by Crippen LogP contribution is 2.40. The Balaban J connectivity index is 2.12. The van der Waals surface area contributed by atoms with Gasteiger partial charge in [0.25, 0.3) is 0 Å². The Labute approximate surface area is 131 Å². The first kappa shape index (κ1) is 13.3. The molecule has 0 saturated heterocycles. The van der Waals surface area contributed by atoms with Crippen LogP contribution in [-0.2, 0) is 0 Å². The standard InChI is InChI=1S/C15H9Br2FS/c16-13-6-2-5-11-12(8-19-15(11)13)14(17)9-3-1-4-10(18)7-9/h1-8,14H. The van der Waals surface area contributed by atoms with Crippen molar-refractivity contribution in [2.24, 2.45) is 0 Å². The number of benzene rings is 2. The number of halogens is 3. The second-order valence-electron chi connectivity index (χ2n) is 4.23. The number of hydrogen-bond acceptors (Lipinski definition) is 1. The lowest BCUT2D eigenvalue weighted by Crippen LogP contribution is -1.92. The molecule has 0 bridgehead atoms. The van der Waals surface area contributed by atoms with Gasteiger partial charge in [-0.15, -0.1) is 11.3 Å². The van der Waals surface area contributed by atoms with Gasteiger partial charge in [-0.3, -0.25) is 0 Å². The minimum absolute atomic E-state index is 0.00579. The van der Waals surface area contributed by atoms with Crippen LogP contribution in [0.2, 0.25) is 0 Å². The molecule has 1 heterocycles. The van der Waals surface area contributed by atoms with Crippen LogP contribution in [0, 0.1) is 5.82 Å². The lowest BCUT2D eigenvalue weighted by atomic mass is 10.0. The SMILES string of the molecule is Fc1cccc(C(Br)c2csc3c(Br)cccc23)c1. The van der Waals surface area contributed by atoms with E-state index in [0.29, 0.717) is 0 Å². The molecule has 19 heavy (non-hydrogen) atoms. The molecular weight excluding hydrogens is 391 g/mol. The van der Waals surface area contributed by atoms with Crippen LogP contribution in [0.1, 0.15) is 16.0 Å². The molecule has 1 aromatic heterocycles. The number of rotatable bonds is 2. The van der Waals surface area contributed by atoms with Crippen LogP contribution >= 0.6 is 43.2 Å². The number of hydrogen-bond donors (Lipinski definition) is 0. The molecule has 1 unspecified atom stereocenters. The molecule has 0 aliphatic heterocycles. The van der Waals surface area contributed by atoms with Crippen LogP contribution in [0.25, 0.3) is 10.1 Å². The summed E-state index contributed by atoms with van der Waals surface area (Å²) in [6, 6.07) is 12.9. The number of alkyl halides is 1. The molecule has 3 aromatic rings. The monoisotopic (exact) mass is 398 g/mol. The van der Waals surface area contributed by atoms with E-state index < -0.39 is 0 Å². The van der Waals surface area contributed by atoms with E-state index in [1.807, 2.05) is 18.2 Å². The molecule has 3 rings (SSSR count). The quantitative estimate of drug-likeness (QED) is 0.444. The van der Waals surface area contributed by atoms with Gasteiger partial charge < -0.3 is 0 Å². The van der Waals surface area contributed by atoms with E-state index in [1.54, 1.807) is 23.5 Å². The van der Waals surface area contributed by atoms with Crippen molar-refractivity contribution in [2.45, 2.75) is 4.83 Å². The molecule has 0 spiro atoms. The second kappa shape index (κ2) is 5.35. The van der Waals surface area contributed by atoms with E-state index in [1.165, 1.54) is 21.7 Å². The lowest BCUT2D eigenvalue weighted by Gasteiger charge is -2.09. The first-order chi connectivity index (χ1) is 9.16. The Morgan fingerprint density at radius 3 is 2.68 bits per heavy atom. The van der Waals surface area contributed by atoms with Gasteiger partial charge >= 0.3 is 0 Å². The maximum atomic E-state index is 13.3. The highest BCUT2D eigenvalue weighted by Gasteiger charge is 2.16. The van der Waals surface area contributed by atoms with Crippen molar-refractivity contribution in [3.05, 3.63) is 69.3 Å². The van der Waals surface area contributed by atoms with Gasteiger partial charge in [0.2, 0.25) is 0 Å². The summed E-state index contributed by atoms with van der Waals surface area (Å²) in [7, 11) is 0. The fourth-order valence-electron chi connectivity index (χ4n) is 2.08. The Kier molecular flexibility index (Phi) is 3.74. The predicted octanol–water partition coefficient (Wildman–Crippen LogP) is 6.29. The number of thiophene rings is 1. The molecule has 0 nitrogen and oxygen atoms in total. The van der Waals surface area contributed by atoms with Gasteiger partial charge in [0.05, 0.1) is 4.83 Å². The smallest absolute Gasteiger partial charge is 0.123 e. The maximum Gasteiger partial charge on any atom is 0.123 e. The molecule has 0 fully saturated rings. The van der Waals surface area contributed by atoms with Gasteiger partial charge in [-0.05, 0) is 56.0 Å². The van der Waals surface area contributed by atoms with Gasteiger partial charge in [0.1, 0.15) is 5.82 Å². The molecule has 0 aliphatic rings. The van der Waals surface area contributed by atoms with E-state index in [-0.39, 0.29) is 10.6 Å². The Bertz CT molecular complexity index is 736. The van der Waals surface area contributed by atoms with Crippen molar-refractivity contribution in [1.82, 2.24) is 0 Å². The van der Waals surface area contributed by atoms with E-state index in [4.69, 9.17) is 0 Å². The lowest BCUT2D eigenvalue weighted by molar-refractivity contribution is 0.626. The van der Waals surface area contributed by atoms with Crippen molar-refractivity contribution >= 4 is 53.3 Å². The zero-order chi connectivity index (χ0) is 13.4.